The molecule has 1 aromatic heterocycles. The van der Waals surface area contributed by atoms with Crippen molar-refractivity contribution in [3.63, 3.8) is 0 Å². The Balaban J connectivity index is 2.56. The number of furan rings is 1. The standard InChI is InChI=1S/C10H7ClO3/c11-10-6(5-9(12)13)1-2-8-7(10)3-4-14-8/h1-4H,5H2,(H,12,13). The molecule has 0 unspecified atom stereocenters. The quantitative estimate of drug-likeness (QED) is 0.829. The van der Waals surface area contributed by atoms with E-state index in [-0.39, 0.29) is 6.42 Å². The summed E-state index contributed by atoms with van der Waals surface area (Å²) in [6.45, 7) is 0. The van der Waals surface area contributed by atoms with Crippen LogP contribution in [0.4, 0.5) is 0 Å². The molecular formula is C10H7ClO3. The number of hydrogen-bond donors (Lipinski definition) is 1. The summed E-state index contributed by atoms with van der Waals surface area (Å²) in [5, 5.41) is 9.84. The second-order valence-electron chi connectivity index (χ2n) is 2.94. The van der Waals surface area contributed by atoms with Gasteiger partial charge < -0.3 is 9.52 Å². The summed E-state index contributed by atoms with van der Waals surface area (Å²) in [5.74, 6) is -0.894. The van der Waals surface area contributed by atoms with Gasteiger partial charge in [0, 0.05) is 5.39 Å². The van der Waals surface area contributed by atoms with E-state index in [4.69, 9.17) is 21.1 Å². The second kappa shape index (κ2) is 3.35. The summed E-state index contributed by atoms with van der Waals surface area (Å²) in [6, 6.07) is 5.12. The lowest BCUT2D eigenvalue weighted by Crippen LogP contribution is -2.00. The van der Waals surface area contributed by atoms with Gasteiger partial charge in [-0.1, -0.05) is 17.7 Å². The van der Waals surface area contributed by atoms with Gasteiger partial charge in [0.05, 0.1) is 17.7 Å². The Morgan fingerprint density at radius 3 is 2.93 bits per heavy atom. The highest BCUT2D eigenvalue weighted by molar-refractivity contribution is 6.36. The van der Waals surface area contributed by atoms with Crippen molar-refractivity contribution < 1.29 is 14.3 Å². The van der Waals surface area contributed by atoms with Crippen molar-refractivity contribution in [3.05, 3.63) is 35.0 Å². The molecule has 2 rings (SSSR count). The third kappa shape index (κ3) is 1.46. The Hall–Kier alpha value is -1.48. The van der Waals surface area contributed by atoms with Crippen LogP contribution < -0.4 is 0 Å². The summed E-state index contributed by atoms with van der Waals surface area (Å²) >= 11 is 6.00. The van der Waals surface area contributed by atoms with E-state index >= 15 is 0 Å². The van der Waals surface area contributed by atoms with Crippen LogP contribution in [0.3, 0.4) is 0 Å². The molecule has 0 aliphatic carbocycles. The SMILES string of the molecule is O=C(O)Cc1ccc2occc2c1Cl. The molecule has 0 atom stereocenters. The van der Waals surface area contributed by atoms with E-state index < -0.39 is 5.97 Å². The van der Waals surface area contributed by atoms with Crippen LogP contribution in [0.2, 0.25) is 5.02 Å². The molecule has 0 fully saturated rings. The molecule has 2 aromatic rings. The molecule has 14 heavy (non-hydrogen) atoms. The van der Waals surface area contributed by atoms with Gasteiger partial charge in [0.1, 0.15) is 5.58 Å². The van der Waals surface area contributed by atoms with Gasteiger partial charge in [-0.3, -0.25) is 4.79 Å². The minimum atomic E-state index is -0.894. The number of halogens is 1. The lowest BCUT2D eigenvalue weighted by atomic mass is 10.1. The van der Waals surface area contributed by atoms with Crippen LogP contribution >= 0.6 is 11.6 Å². The Morgan fingerprint density at radius 2 is 2.21 bits per heavy atom. The van der Waals surface area contributed by atoms with E-state index in [1.54, 1.807) is 18.2 Å². The van der Waals surface area contributed by atoms with Gasteiger partial charge in [0.15, 0.2) is 0 Å². The maximum Gasteiger partial charge on any atom is 0.307 e. The van der Waals surface area contributed by atoms with Gasteiger partial charge in [0.25, 0.3) is 0 Å². The van der Waals surface area contributed by atoms with Crippen LogP contribution in [0, 0.1) is 0 Å². The Labute approximate surface area is 84.9 Å². The Bertz CT molecular complexity index is 487. The zero-order chi connectivity index (χ0) is 10.1. The number of fused-ring (bicyclic) bond motifs is 1. The van der Waals surface area contributed by atoms with Gasteiger partial charge in [0.2, 0.25) is 0 Å². The van der Waals surface area contributed by atoms with Gasteiger partial charge in [-0.25, -0.2) is 0 Å². The van der Waals surface area contributed by atoms with Crippen LogP contribution in [0.1, 0.15) is 5.56 Å². The third-order valence-electron chi connectivity index (χ3n) is 1.99. The van der Waals surface area contributed by atoms with Crippen LogP contribution in [-0.2, 0) is 11.2 Å². The number of hydrogen-bond acceptors (Lipinski definition) is 2. The van der Waals surface area contributed by atoms with E-state index in [0.717, 1.165) is 5.39 Å². The predicted octanol–water partition coefficient (Wildman–Crippen LogP) is 2.71. The van der Waals surface area contributed by atoms with Crippen LogP contribution in [0.15, 0.2) is 28.9 Å². The molecule has 0 aliphatic heterocycles. The van der Waals surface area contributed by atoms with Crippen LogP contribution in [0.5, 0.6) is 0 Å². The zero-order valence-corrected chi connectivity index (χ0v) is 7.91. The molecule has 0 amide bonds. The molecule has 4 heteroatoms. The molecule has 1 N–H and O–H groups in total. The Kier molecular flexibility index (Phi) is 2.17. The number of aliphatic carboxylic acids is 1. The van der Waals surface area contributed by atoms with E-state index in [2.05, 4.69) is 0 Å². The van der Waals surface area contributed by atoms with E-state index in [1.165, 1.54) is 6.26 Å². The molecule has 0 radical (unpaired) electrons. The number of carboxylic acids is 1. The van der Waals surface area contributed by atoms with Gasteiger partial charge in [-0.15, -0.1) is 0 Å². The van der Waals surface area contributed by atoms with Crippen molar-refractivity contribution in [2.45, 2.75) is 6.42 Å². The van der Waals surface area contributed by atoms with Crippen LogP contribution in [0.25, 0.3) is 11.0 Å². The number of carbonyl (C=O) groups is 1. The molecule has 0 saturated carbocycles. The van der Waals surface area contributed by atoms with Gasteiger partial charge >= 0.3 is 5.97 Å². The highest BCUT2D eigenvalue weighted by Crippen LogP contribution is 2.28. The highest BCUT2D eigenvalue weighted by Gasteiger charge is 2.09. The largest absolute Gasteiger partial charge is 0.481 e. The van der Waals surface area contributed by atoms with Crippen molar-refractivity contribution in [2.75, 3.05) is 0 Å². The second-order valence-corrected chi connectivity index (χ2v) is 3.32. The molecule has 0 bridgehead atoms. The first-order valence-corrected chi connectivity index (χ1v) is 4.42. The zero-order valence-electron chi connectivity index (χ0n) is 7.16. The lowest BCUT2D eigenvalue weighted by Gasteiger charge is -2.00. The summed E-state index contributed by atoms with van der Waals surface area (Å²) in [7, 11) is 0. The fourth-order valence-electron chi connectivity index (χ4n) is 1.35. The van der Waals surface area contributed by atoms with Crippen molar-refractivity contribution in [2.24, 2.45) is 0 Å². The first-order valence-electron chi connectivity index (χ1n) is 4.05. The summed E-state index contributed by atoms with van der Waals surface area (Å²) in [4.78, 5) is 10.5. The molecule has 72 valence electrons. The number of benzene rings is 1. The first kappa shape index (κ1) is 9.09. The average Bonchev–Trinajstić information content (AvgIpc) is 2.57. The van der Waals surface area contributed by atoms with Crippen molar-refractivity contribution in [3.8, 4) is 0 Å². The van der Waals surface area contributed by atoms with E-state index in [9.17, 15) is 4.79 Å². The van der Waals surface area contributed by atoms with Crippen molar-refractivity contribution in [1.82, 2.24) is 0 Å². The van der Waals surface area contributed by atoms with E-state index in [1.807, 2.05) is 0 Å². The normalized spacial score (nSPS) is 10.6. The van der Waals surface area contributed by atoms with Gasteiger partial charge in [-0.2, -0.15) is 0 Å². The molecule has 0 saturated heterocycles. The third-order valence-corrected chi connectivity index (χ3v) is 2.44. The molecular weight excluding hydrogens is 204 g/mol. The van der Waals surface area contributed by atoms with Crippen molar-refractivity contribution >= 4 is 28.5 Å². The van der Waals surface area contributed by atoms with Gasteiger partial charge in [-0.05, 0) is 17.7 Å². The topological polar surface area (TPSA) is 50.4 Å². The van der Waals surface area contributed by atoms with Crippen LogP contribution in [-0.4, -0.2) is 11.1 Å². The minimum absolute atomic E-state index is 0.0695. The fourth-order valence-corrected chi connectivity index (χ4v) is 1.64. The summed E-state index contributed by atoms with van der Waals surface area (Å²) in [5.41, 5.74) is 1.28. The minimum Gasteiger partial charge on any atom is -0.481 e. The lowest BCUT2D eigenvalue weighted by molar-refractivity contribution is -0.136. The highest BCUT2D eigenvalue weighted by atomic mass is 35.5. The smallest absolute Gasteiger partial charge is 0.307 e. The molecule has 1 aromatic carbocycles. The molecule has 0 spiro atoms. The number of rotatable bonds is 2. The monoisotopic (exact) mass is 210 g/mol. The number of carboxylic acid groups (broad SMARTS) is 1. The molecule has 1 heterocycles. The summed E-state index contributed by atoms with van der Waals surface area (Å²) < 4.78 is 5.13. The molecule has 3 nitrogen and oxygen atoms in total. The molecule has 0 aliphatic rings. The summed E-state index contributed by atoms with van der Waals surface area (Å²) in [6.07, 6.45) is 1.46. The first-order chi connectivity index (χ1) is 6.68. The fraction of sp³-hybridized carbons (Fsp3) is 0.100. The predicted molar refractivity (Wildman–Crippen MR) is 52.6 cm³/mol. The Morgan fingerprint density at radius 1 is 1.43 bits per heavy atom. The maximum absolute atomic E-state index is 10.5. The van der Waals surface area contributed by atoms with E-state index in [0.29, 0.717) is 16.2 Å². The van der Waals surface area contributed by atoms with Crippen molar-refractivity contribution in [1.29, 1.82) is 0 Å². The average molecular weight is 211 g/mol. The maximum atomic E-state index is 10.5.